The maximum Gasteiger partial charge on any atom is 0.0451 e. The van der Waals surface area contributed by atoms with E-state index in [1.807, 2.05) is 0 Å². The van der Waals surface area contributed by atoms with Crippen molar-refractivity contribution < 1.29 is 0 Å². The fraction of sp³-hybridized carbons (Fsp3) is 0.167. The number of halogens is 1. The second-order valence-corrected chi connectivity index (χ2v) is 8.33. The largest absolute Gasteiger partial charge is 0.0835 e. The van der Waals surface area contributed by atoms with Gasteiger partial charge in [0.15, 0.2) is 0 Å². The molecule has 0 N–H and O–H groups in total. The molecular formula is C24H24BrP. The van der Waals surface area contributed by atoms with Crippen molar-refractivity contribution in [1.82, 2.24) is 0 Å². The molecule has 132 valence electrons. The second kappa shape index (κ2) is 9.86. The lowest BCUT2D eigenvalue weighted by molar-refractivity contribution is 0.536. The van der Waals surface area contributed by atoms with Crippen LogP contribution in [0, 0.1) is 0 Å². The molecule has 1 atom stereocenters. The van der Waals surface area contributed by atoms with Crippen LogP contribution < -0.4 is 0 Å². The van der Waals surface area contributed by atoms with E-state index in [0.29, 0.717) is 7.28 Å². The van der Waals surface area contributed by atoms with Crippen molar-refractivity contribution in [3.05, 3.63) is 120 Å². The molecule has 0 fully saturated rings. The van der Waals surface area contributed by atoms with E-state index in [9.17, 15) is 0 Å². The molecule has 26 heavy (non-hydrogen) atoms. The van der Waals surface area contributed by atoms with Gasteiger partial charge in [0.25, 0.3) is 0 Å². The molecule has 0 spiro atoms. The average molecular weight is 423 g/mol. The molecule has 0 saturated heterocycles. The van der Waals surface area contributed by atoms with Crippen LogP contribution >= 0.6 is 22.8 Å². The van der Waals surface area contributed by atoms with Crippen LogP contribution in [0.15, 0.2) is 103 Å². The van der Waals surface area contributed by atoms with Crippen molar-refractivity contribution in [3.8, 4) is 0 Å². The fourth-order valence-corrected chi connectivity index (χ4v) is 4.53. The average Bonchev–Trinajstić information content (AvgIpc) is 2.73. The first-order valence-electron chi connectivity index (χ1n) is 9.05. The molecule has 3 aromatic rings. The Morgan fingerprint density at radius 1 is 0.692 bits per heavy atom. The van der Waals surface area contributed by atoms with Crippen LogP contribution in [0.4, 0.5) is 0 Å². The molecule has 1 unspecified atom stereocenters. The van der Waals surface area contributed by atoms with Crippen LogP contribution in [0.25, 0.3) is 0 Å². The Labute approximate surface area is 166 Å². The Morgan fingerprint density at radius 3 is 1.50 bits per heavy atom. The van der Waals surface area contributed by atoms with E-state index in [4.69, 9.17) is 0 Å². The number of hydrogen-bond donors (Lipinski definition) is 0. The Hall–Kier alpha value is -1.69. The third kappa shape index (κ3) is 4.34. The number of unbranched alkanes of at least 4 members (excludes halogenated alkanes) is 1. The standard InChI is InChI=1S/C24H24BrP/c25-26-20-12-4-11-19-24(21-13-5-1-6-14-21,22-15-7-2-8-16-22)23-17-9-3-10-18-23/h1-3,5-10,12-18,20,26H,4,11,19H2. The van der Waals surface area contributed by atoms with Gasteiger partial charge in [0.2, 0.25) is 0 Å². The zero-order valence-corrected chi connectivity index (χ0v) is 17.4. The molecule has 0 aliphatic rings. The third-order valence-corrected chi connectivity index (χ3v) is 6.06. The van der Waals surface area contributed by atoms with Gasteiger partial charge >= 0.3 is 0 Å². The molecule has 0 aliphatic heterocycles. The van der Waals surface area contributed by atoms with Crippen LogP contribution in [0.3, 0.4) is 0 Å². The summed E-state index contributed by atoms with van der Waals surface area (Å²) in [5.41, 5.74) is 3.98. The van der Waals surface area contributed by atoms with Gasteiger partial charge in [-0.2, -0.15) is 0 Å². The van der Waals surface area contributed by atoms with Crippen LogP contribution in [0.2, 0.25) is 0 Å². The molecule has 2 heteroatoms. The molecule has 3 aromatic carbocycles. The summed E-state index contributed by atoms with van der Waals surface area (Å²) in [6, 6.07) is 32.9. The summed E-state index contributed by atoms with van der Waals surface area (Å²) in [7, 11) is 0.706. The van der Waals surface area contributed by atoms with Crippen molar-refractivity contribution in [1.29, 1.82) is 0 Å². The minimum absolute atomic E-state index is 0.117. The Balaban J connectivity index is 2.10. The number of rotatable bonds is 8. The topological polar surface area (TPSA) is 0 Å². The summed E-state index contributed by atoms with van der Waals surface area (Å²) < 4.78 is 0. The van der Waals surface area contributed by atoms with Crippen molar-refractivity contribution in [3.63, 3.8) is 0 Å². The predicted molar refractivity (Wildman–Crippen MR) is 119 cm³/mol. The molecular weight excluding hydrogens is 399 g/mol. The van der Waals surface area contributed by atoms with Crippen molar-refractivity contribution in [2.75, 3.05) is 0 Å². The lowest BCUT2D eigenvalue weighted by atomic mass is 9.66. The Bertz CT molecular complexity index is 701. The number of allylic oxidation sites excluding steroid dienone is 1. The van der Waals surface area contributed by atoms with E-state index in [1.54, 1.807) is 0 Å². The smallest absolute Gasteiger partial charge is 0.0451 e. The zero-order valence-electron chi connectivity index (χ0n) is 14.8. The first-order valence-corrected chi connectivity index (χ1v) is 12.4. The summed E-state index contributed by atoms with van der Waals surface area (Å²) >= 11 is 3.49. The summed E-state index contributed by atoms with van der Waals surface area (Å²) in [5, 5.41) is 0. The Morgan fingerprint density at radius 2 is 1.12 bits per heavy atom. The van der Waals surface area contributed by atoms with E-state index in [0.717, 1.165) is 19.3 Å². The highest BCUT2D eigenvalue weighted by Crippen LogP contribution is 2.43. The maximum absolute atomic E-state index is 3.49. The summed E-state index contributed by atoms with van der Waals surface area (Å²) in [6.07, 6.45) is 5.62. The number of hydrogen-bond acceptors (Lipinski definition) is 0. The lowest BCUT2D eigenvalue weighted by Crippen LogP contribution is -2.29. The van der Waals surface area contributed by atoms with E-state index in [1.165, 1.54) is 16.7 Å². The fourth-order valence-electron chi connectivity index (χ4n) is 3.71. The van der Waals surface area contributed by atoms with Gasteiger partial charge < -0.3 is 0 Å². The number of benzene rings is 3. The molecule has 0 bridgehead atoms. The van der Waals surface area contributed by atoms with Gasteiger partial charge in [-0.05, 0) is 43.2 Å². The van der Waals surface area contributed by atoms with Gasteiger partial charge in [-0.1, -0.05) is 118 Å². The summed E-state index contributed by atoms with van der Waals surface area (Å²) in [5.74, 6) is 2.22. The molecule has 0 saturated carbocycles. The minimum Gasteiger partial charge on any atom is -0.0835 e. The quantitative estimate of drug-likeness (QED) is 0.198. The lowest BCUT2D eigenvalue weighted by Gasteiger charge is -2.36. The molecule has 0 aliphatic carbocycles. The van der Waals surface area contributed by atoms with E-state index < -0.39 is 0 Å². The molecule has 0 nitrogen and oxygen atoms in total. The van der Waals surface area contributed by atoms with Gasteiger partial charge in [0.05, 0.1) is 0 Å². The van der Waals surface area contributed by atoms with Gasteiger partial charge in [0, 0.05) is 5.41 Å². The van der Waals surface area contributed by atoms with E-state index in [2.05, 4.69) is 118 Å². The molecule has 0 aromatic heterocycles. The highest BCUT2D eigenvalue weighted by Gasteiger charge is 2.35. The van der Waals surface area contributed by atoms with E-state index in [-0.39, 0.29) is 5.41 Å². The van der Waals surface area contributed by atoms with Crippen molar-refractivity contribution in [2.24, 2.45) is 0 Å². The normalized spacial score (nSPS) is 12.2. The van der Waals surface area contributed by atoms with Gasteiger partial charge in [0.1, 0.15) is 0 Å². The highest BCUT2D eigenvalue weighted by molar-refractivity contribution is 9.37. The van der Waals surface area contributed by atoms with Crippen LogP contribution in [0.5, 0.6) is 0 Å². The zero-order chi connectivity index (χ0) is 18.1. The van der Waals surface area contributed by atoms with Gasteiger partial charge in [-0.25, -0.2) is 0 Å². The highest BCUT2D eigenvalue weighted by atomic mass is 79.9. The first kappa shape index (κ1) is 19.1. The molecule has 0 amide bonds. The molecule has 0 heterocycles. The monoisotopic (exact) mass is 422 g/mol. The SMILES string of the molecule is BrPC=CCCCC(c1ccccc1)(c1ccccc1)c1ccccc1. The van der Waals surface area contributed by atoms with Crippen molar-refractivity contribution >= 4 is 22.8 Å². The third-order valence-electron chi connectivity index (χ3n) is 4.90. The van der Waals surface area contributed by atoms with Crippen LogP contribution in [-0.4, -0.2) is 0 Å². The van der Waals surface area contributed by atoms with Crippen LogP contribution in [-0.2, 0) is 5.41 Å². The Kier molecular flexibility index (Phi) is 7.23. The molecule has 0 radical (unpaired) electrons. The predicted octanol–water partition coefficient (Wildman–Crippen LogP) is 7.69. The van der Waals surface area contributed by atoms with Gasteiger partial charge in [-0.15, -0.1) is 0 Å². The van der Waals surface area contributed by atoms with Crippen LogP contribution in [0.1, 0.15) is 36.0 Å². The second-order valence-electron chi connectivity index (χ2n) is 6.41. The van der Waals surface area contributed by atoms with Crippen molar-refractivity contribution in [2.45, 2.75) is 24.7 Å². The summed E-state index contributed by atoms with van der Waals surface area (Å²) in [6.45, 7) is 0. The molecule has 3 rings (SSSR count). The van der Waals surface area contributed by atoms with Gasteiger partial charge in [-0.3, -0.25) is 0 Å². The summed E-state index contributed by atoms with van der Waals surface area (Å²) in [4.78, 5) is 0. The van der Waals surface area contributed by atoms with E-state index >= 15 is 0 Å². The first-order chi connectivity index (χ1) is 12.9. The maximum atomic E-state index is 3.49. The minimum atomic E-state index is -0.117.